The van der Waals surface area contributed by atoms with Crippen molar-refractivity contribution in [3.8, 4) is 12.1 Å². The summed E-state index contributed by atoms with van der Waals surface area (Å²) in [6, 6.07) is 12.0. The highest BCUT2D eigenvalue weighted by molar-refractivity contribution is 9.10. The molecule has 3 heteroatoms. The molecule has 68 valence electrons. The van der Waals surface area contributed by atoms with Gasteiger partial charge < -0.3 is 0 Å². The second-order valence-corrected chi connectivity index (χ2v) is 4.42. The van der Waals surface area contributed by atoms with Crippen molar-refractivity contribution in [2.75, 3.05) is 0 Å². The molecule has 0 heterocycles. The molecule has 1 saturated carbocycles. The lowest BCUT2D eigenvalue weighted by Crippen LogP contribution is -1.95. The average Bonchev–Trinajstić information content (AvgIpc) is 2.94. The summed E-state index contributed by atoms with van der Waals surface area (Å²) in [7, 11) is 0. The molecule has 1 aromatic rings. The summed E-state index contributed by atoms with van der Waals surface area (Å²) in [4.78, 5) is 0. The highest BCUT2D eigenvalue weighted by atomic mass is 79.9. The molecule has 14 heavy (non-hydrogen) atoms. The van der Waals surface area contributed by atoms with Gasteiger partial charge in [-0.2, -0.15) is 10.5 Å². The Bertz CT molecular complexity index is 422. The minimum Gasteiger partial charge on any atom is -0.197 e. The fraction of sp³-hybridized carbons (Fsp3) is 0.273. The van der Waals surface area contributed by atoms with E-state index in [2.05, 4.69) is 28.1 Å². The van der Waals surface area contributed by atoms with Crippen LogP contribution in [0.1, 0.15) is 17.9 Å². The fourth-order valence-corrected chi connectivity index (χ4v) is 1.90. The van der Waals surface area contributed by atoms with E-state index >= 15 is 0 Å². The van der Waals surface area contributed by atoms with Gasteiger partial charge in [0, 0.05) is 10.4 Å². The van der Waals surface area contributed by atoms with Crippen molar-refractivity contribution in [1.82, 2.24) is 0 Å². The van der Waals surface area contributed by atoms with Gasteiger partial charge in [-0.25, -0.2) is 0 Å². The predicted octanol–water partition coefficient (Wildman–Crippen LogP) is 2.97. The first-order valence-corrected chi connectivity index (χ1v) is 5.09. The van der Waals surface area contributed by atoms with Crippen LogP contribution < -0.4 is 0 Å². The maximum absolute atomic E-state index is 8.86. The number of nitrogens with zero attached hydrogens (tertiary/aromatic N) is 2. The molecule has 0 radical (unpaired) electrons. The van der Waals surface area contributed by atoms with Gasteiger partial charge in [0.05, 0.1) is 12.1 Å². The lowest BCUT2D eigenvalue weighted by atomic mass is 10.0. The first-order valence-electron chi connectivity index (χ1n) is 4.30. The standard InChI is InChI=1S/C11H7BrN2/c12-9-3-1-8(2-4-9)10-5-11(10,6-13)7-14/h1-4,10H,5H2/t10-/m0/s1. The molecular weight excluding hydrogens is 240 g/mol. The van der Waals surface area contributed by atoms with Crippen LogP contribution in [0.5, 0.6) is 0 Å². The third-order valence-electron chi connectivity index (χ3n) is 2.63. The predicted molar refractivity (Wildman–Crippen MR) is 55.2 cm³/mol. The lowest BCUT2D eigenvalue weighted by molar-refractivity contribution is 0.841. The first kappa shape index (κ1) is 9.24. The summed E-state index contributed by atoms with van der Waals surface area (Å²) in [6.07, 6.45) is 0.668. The van der Waals surface area contributed by atoms with Crippen LogP contribution in [0.25, 0.3) is 0 Å². The van der Waals surface area contributed by atoms with Crippen LogP contribution in [0.15, 0.2) is 28.7 Å². The normalized spacial score (nSPS) is 22.1. The zero-order valence-electron chi connectivity index (χ0n) is 7.37. The van der Waals surface area contributed by atoms with Crippen molar-refractivity contribution in [2.24, 2.45) is 5.41 Å². The Morgan fingerprint density at radius 3 is 2.21 bits per heavy atom. The van der Waals surface area contributed by atoms with E-state index in [4.69, 9.17) is 10.5 Å². The Morgan fingerprint density at radius 2 is 1.79 bits per heavy atom. The molecule has 1 fully saturated rings. The van der Waals surface area contributed by atoms with Gasteiger partial charge in [-0.1, -0.05) is 28.1 Å². The number of hydrogen-bond donors (Lipinski definition) is 0. The van der Waals surface area contributed by atoms with Crippen LogP contribution in [0.3, 0.4) is 0 Å². The van der Waals surface area contributed by atoms with E-state index in [1.807, 2.05) is 24.3 Å². The number of hydrogen-bond acceptors (Lipinski definition) is 2. The number of rotatable bonds is 1. The van der Waals surface area contributed by atoms with Gasteiger partial charge in [0.2, 0.25) is 0 Å². The van der Waals surface area contributed by atoms with Gasteiger partial charge in [0.25, 0.3) is 0 Å². The second kappa shape index (κ2) is 3.12. The van der Waals surface area contributed by atoms with Gasteiger partial charge >= 0.3 is 0 Å². The van der Waals surface area contributed by atoms with E-state index in [-0.39, 0.29) is 5.92 Å². The molecule has 0 aromatic heterocycles. The van der Waals surface area contributed by atoms with Crippen LogP contribution in [0.2, 0.25) is 0 Å². The van der Waals surface area contributed by atoms with Crippen molar-refractivity contribution < 1.29 is 0 Å². The number of benzene rings is 1. The quantitative estimate of drug-likeness (QED) is 0.765. The highest BCUT2D eigenvalue weighted by Gasteiger charge is 2.56. The summed E-state index contributed by atoms with van der Waals surface area (Å²) in [5, 5.41) is 17.7. The highest BCUT2D eigenvalue weighted by Crippen LogP contribution is 2.58. The molecule has 0 aliphatic heterocycles. The summed E-state index contributed by atoms with van der Waals surface area (Å²) < 4.78 is 1.02. The maximum Gasteiger partial charge on any atom is 0.151 e. The molecule has 2 nitrogen and oxygen atoms in total. The molecular formula is C11H7BrN2. The minimum absolute atomic E-state index is 0.102. The Balaban J connectivity index is 2.26. The van der Waals surface area contributed by atoms with Crippen LogP contribution in [-0.2, 0) is 0 Å². The number of nitriles is 2. The number of halogens is 1. The molecule has 0 spiro atoms. The summed E-state index contributed by atoms with van der Waals surface area (Å²) in [5.41, 5.74) is 0.324. The SMILES string of the molecule is N#CC1(C#N)C[C@H]1c1ccc(Br)cc1. The van der Waals surface area contributed by atoms with Crippen LogP contribution in [-0.4, -0.2) is 0 Å². The van der Waals surface area contributed by atoms with Crippen LogP contribution in [0, 0.1) is 28.1 Å². The van der Waals surface area contributed by atoms with Crippen molar-refractivity contribution in [3.63, 3.8) is 0 Å². The van der Waals surface area contributed by atoms with Crippen molar-refractivity contribution in [2.45, 2.75) is 12.3 Å². The molecule has 1 aromatic carbocycles. The Morgan fingerprint density at radius 1 is 1.21 bits per heavy atom. The fourth-order valence-electron chi connectivity index (χ4n) is 1.63. The molecule has 0 amide bonds. The molecule has 0 saturated heterocycles. The molecule has 1 aliphatic rings. The molecule has 2 rings (SSSR count). The summed E-state index contributed by atoms with van der Waals surface area (Å²) >= 11 is 3.35. The maximum atomic E-state index is 8.86. The van der Waals surface area contributed by atoms with E-state index < -0.39 is 5.41 Å². The van der Waals surface area contributed by atoms with Crippen molar-refractivity contribution >= 4 is 15.9 Å². The second-order valence-electron chi connectivity index (χ2n) is 3.50. The zero-order chi connectivity index (χ0) is 10.2. The Hall–Kier alpha value is -1.32. The summed E-state index contributed by atoms with van der Waals surface area (Å²) in [5.74, 6) is 0.102. The van der Waals surface area contributed by atoms with Gasteiger partial charge in [0.15, 0.2) is 5.41 Å². The molecule has 0 bridgehead atoms. The smallest absolute Gasteiger partial charge is 0.151 e. The monoisotopic (exact) mass is 246 g/mol. The Labute approximate surface area is 90.9 Å². The molecule has 1 atom stereocenters. The van der Waals surface area contributed by atoms with E-state index in [0.717, 1.165) is 10.0 Å². The van der Waals surface area contributed by atoms with Gasteiger partial charge in [0.1, 0.15) is 0 Å². The van der Waals surface area contributed by atoms with Gasteiger partial charge in [-0.3, -0.25) is 0 Å². The van der Waals surface area contributed by atoms with Gasteiger partial charge in [-0.15, -0.1) is 0 Å². The van der Waals surface area contributed by atoms with Crippen LogP contribution >= 0.6 is 15.9 Å². The molecule has 1 aliphatic carbocycles. The zero-order valence-corrected chi connectivity index (χ0v) is 8.95. The van der Waals surface area contributed by atoms with Crippen molar-refractivity contribution in [1.29, 1.82) is 10.5 Å². The topological polar surface area (TPSA) is 47.6 Å². The van der Waals surface area contributed by atoms with E-state index in [0.29, 0.717) is 6.42 Å². The van der Waals surface area contributed by atoms with E-state index in [1.165, 1.54) is 0 Å². The average molecular weight is 247 g/mol. The first-order chi connectivity index (χ1) is 6.72. The molecule has 0 N–H and O–H groups in total. The van der Waals surface area contributed by atoms with Crippen molar-refractivity contribution in [3.05, 3.63) is 34.3 Å². The lowest BCUT2D eigenvalue weighted by Gasteiger charge is -1.99. The van der Waals surface area contributed by atoms with E-state index in [9.17, 15) is 0 Å². The largest absolute Gasteiger partial charge is 0.197 e. The van der Waals surface area contributed by atoms with Gasteiger partial charge in [-0.05, 0) is 24.1 Å². The molecule has 0 unspecified atom stereocenters. The summed E-state index contributed by atoms with van der Waals surface area (Å²) in [6.45, 7) is 0. The minimum atomic E-state index is -0.756. The van der Waals surface area contributed by atoms with E-state index in [1.54, 1.807) is 0 Å². The van der Waals surface area contributed by atoms with Crippen LogP contribution in [0.4, 0.5) is 0 Å². The Kier molecular flexibility index (Phi) is 2.06. The third-order valence-corrected chi connectivity index (χ3v) is 3.16. The third kappa shape index (κ3) is 1.31.